The molecule has 0 N–H and O–H groups in total. The Morgan fingerprint density at radius 2 is 1.93 bits per heavy atom. The lowest BCUT2D eigenvalue weighted by Crippen LogP contribution is -2.13. The molecule has 2 aromatic heterocycles. The van der Waals surface area contributed by atoms with Crippen LogP contribution in [0.1, 0.15) is 34.2 Å². The van der Waals surface area contributed by atoms with E-state index in [4.69, 9.17) is 9.47 Å². The van der Waals surface area contributed by atoms with Crippen molar-refractivity contribution in [3.05, 3.63) is 46.8 Å². The minimum absolute atomic E-state index is 0.00699. The highest BCUT2D eigenvalue weighted by atomic mass is 19.4. The number of nitrogens with zero attached hydrogens (tertiary/aromatic N) is 4. The molecule has 0 bridgehead atoms. The molecule has 3 rings (SSSR count). The highest BCUT2D eigenvalue weighted by Gasteiger charge is 2.38. The van der Waals surface area contributed by atoms with Crippen LogP contribution in [0.4, 0.5) is 13.2 Å². The fourth-order valence-electron chi connectivity index (χ4n) is 2.39. The van der Waals surface area contributed by atoms with Crippen molar-refractivity contribution in [1.82, 2.24) is 19.8 Å². The number of carbonyl (C=O) groups is 1. The predicted molar refractivity (Wildman–Crippen MR) is 87.7 cm³/mol. The molecule has 27 heavy (non-hydrogen) atoms. The van der Waals surface area contributed by atoms with Gasteiger partial charge in [0.25, 0.3) is 5.82 Å². The van der Waals surface area contributed by atoms with Gasteiger partial charge in [-0.15, -0.1) is 15.3 Å². The number of rotatable bonds is 4. The predicted octanol–water partition coefficient (Wildman–Crippen LogP) is 3.73. The second kappa shape index (κ2) is 6.86. The summed E-state index contributed by atoms with van der Waals surface area (Å²) in [6.07, 6.45) is -4.71. The summed E-state index contributed by atoms with van der Waals surface area (Å²) < 4.78 is 50.5. The van der Waals surface area contributed by atoms with E-state index < -0.39 is 18.0 Å². The van der Waals surface area contributed by atoms with Gasteiger partial charge in [0.15, 0.2) is 5.65 Å². The summed E-state index contributed by atoms with van der Waals surface area (Å²) >= 11 is 0. The minimum atomic E-state index is -4.71. The van der Waals surface area contributed by atoms with Gasteiger partial charge in [-0.2, -0.15) is 17.7 Å². The maximum atomic E-state index is 13.1. The van der Waals surface area contributed by atoms with Gasteiger partial charge in [-0.05, 0) is 39.0 Å². The summed E-state index contributed by atoms with van der Waals surface area (Å²) in [5, 5.41) is 10.6. The molecule has 142 valence electrons. The first-order chi connectivity index (χ1) is 12.7. The summed E-state index contributed by atoms with van der Waals surface area (Å²) in [7, 11) is 0. The monoisotopic (exact) mass is 380 g/mol. The summed E-state index contributed by atoms with van der Waals surface area (Å²) in [6, 6.07) is 6.10. The summed E-state index contributed by atoms with van der Waals surface area (Å²) in [6.45, 7) is 5.15. The van der Waals surface area contributed by atoms with Gasteiger partial charge in [0.1, 0.15) is 5.75 Å². The Morgan fingerprint density at radius 1 is 1.19 bits per heavy atom. The average molecular weight is 380 g/mol. The molecular formula is C17H15F3N4O3. The van der Waals surface area contributed by atoms with Crippen LogP contribution < -0.4 is 4.74 Å². The quantitative estimate of drug-likeness (QED) is 0.642. The zero-order valence-corrected chi connectivity index (χ0v) is 14.7. The van der Waals surface area contributed by atoms with Crippen LogP contribution in [0.15, 0.2) is 24.3 Å². The van der Waals surface area contributed by atoms with Gasteiger partial charge in [0, 0.05) is 11.1 Å². The number of hydrogen-bond donors (Lipinski definition) is 0. The second-order valence-electron chi connectivity index (χ2n) is 5.66. The number of esters is 1. The number of ether oxygens (including phenoxy) is 2. The Balaban J connectivity index is 2.04. The van der Waals surface area contributed by atoms with Gasteiger partial charge in [-0.3, -0.25) is 0 Å². The first-order valence-corrected chi connectivity index (χ1v) is 7.97. The topological polar surface area (TPSA) is 78.6 Å². The largest absolute Gasteiger partial charge is 0.462 e. The molecule has 2 heterocycles. The Morgan fingerprint density at radius 3 is 2.59 bits per heavy atom. The highest BCUT2D eigenvalue weighted by Crippen LogP contribution is 2.31. The van der Waals surface area contributed by atoms with Gasteiger partial charge in [0.05, 0.1) is 12.2 Å². The highest BCUT2D eigenvalue weighted by molar-refractivity contribution is 5.89. The number of benzene rings is 1. The zero-order chi connectivity index (χ0) is 19.8. The van der Waals surface area contributed by atoms with Gasteiger partial charge in [0.2, 0.25) is 5.88 Å². The van der Waals surface area contributed by atoms with E-state index in [9.17, 15) is 18.0 Å². The van der Waals surface area contributed by atoms with E-state index in [1.54, 1.807) is 39.0 Å². The first-order valence-electron chi connectivity index (χ1n) is 7.97. The van der Waals surface area contributed by atoms with Crippen molar-refractivity contribution in [2.75, 3.05) is 6.61 Å². The lowest BCUT2D eigenvalue weighted by Gasteiger charge is -2.12. The fourth-order valence-corrected chi connectivity index (χ4v) is 2.39. The third-order valence-corrected chi connectivity index (χ3v) is 3.86. The molecule has 0 fully saturated rings. The molecule has 0 spiro atoms. The second-order valence-corrected chi connectivity index (χ2v) is 5.66. The molecule has 0 aliphatic rings. The molecule has 0 unspecified atom stereocenters. The molecule has 0 amide bonds. The van der Waals surface area contributed by atoms with Gasteiger partial charge in [-0.1, -0.05) is 6.07 Å². The van der Waals surface area contributed by atoms with Crippen LogP contribution in [0.3, 0.4) is 0 Å². The molecule has 10 heteroatoms. The van der Waals surface area contributed by atoms with Crippen molar-refractivity contribution in [2.24, 2.45) is 0 Å². The van der Waals surface area contributed by atoms with Crippen molar-refractivity contribution in [3.8, 4) is 11.6 Å². The van der Waals surface area contributed by atoms with E-state index in [0.29, 0.717) is 15.6 Å². The lowest BCUT2D eigenvalue weighted by atomic mass is 10.2. The van der Waals surface area contributed by atoms with Gasteiger partial charge >= 0.3 is 12.1 Å². The zero-order valence-electron chi connectivity index (χ0n) is 14.7. The summed E-state index contributed by atoms with van der Waals surface area (Å²) in [5.41, 5.74) is 1.20. The van der Waals surface area contributed by atoms with Crippen molar-refractivity contribution in [2.45, 2.75) is 26.9 Å². The Bertz CT molecular complexity index is 1010. The van der Waals surface area contributed by atoms with Gasteiger partial charge < -0.3 is 9.47 Å². The van der Waals surface area contributed by atoms with Crippen LogP contribution in [0.2, 0.25) is 0 Å². The molecular weight excluding hydrogens is 365 g/mol. The maximum Gasteiger partial charge on any atom is 0.453 e. The van der Waals surface area contributed by atoms with Crippen LogP contribution in [0, 0.1) is 13.8 Å². The Labute approximate surface area is 151 Å². The molecule has 0 aliphatic heterocycles. The van der Waals surface area contributed by atoms with Crippen LogP contribution >= 0.6 is 0 Å². The summed E-state index contributed by atoms with van der Waals surface area (Å²) in [4.78, 5) is 11.8. The number of halogens is 3. The number of fused-ring (bicyclic) bond motifs is 1. The van der Waals surface area contributed by atoms with Crippen molar-refractivity contribution < 1.29 is 27.4 Å². The smallest absolute Gasteiger partial charge is 0.453 e. The maximum absolute atomic E-state index is 13.1. The number of alkyl halides is 3. The molecule has 0 saturated heterocycles. The number of carbonyl (C=O) groups excluding carboxylic acids is 1. The average Bonchev–Trinajstić information content (AvgIpc) is 3.04. The van der Waals surface area contributed by atoms with E-state index in [2.05, 4.69) is 15.3 Å². The van der Waals surface area contributed by atoms with Crippen molar-refractivity contribution in [3.63, 3.8) is 0 Å². The fraction of sp³-hybridized carbons (Fsp3) is 0.294. The molecule has 7 nitrogen and oxygen atoms in total. The molecule has 0 saturated carbocycles. The van der Waals surface area contributed by atoms with Crippen LogP contribution in [0.5, 0.6) is 11.6 Å². The number of hydrogen-bond acceptors (Lipinski definition) is 6. The molecule has 3 aromatic rings. The van der Waals surface area contributed by atoms with Gasteiger partial charge in [-0.25, -0.2) is 4.79 Å². The van der Waals surface area contributed by atoms with E-state index in [-0.39, 0.29) is 29.4 Å². The number of aromatic nitrogens is 4. The SMILES string of the molecule is CCOC(=O)c1cccc(Oc2nn3c(C(F)(F)F)nnc3c(C)c2C)c1. The van der Waals surface area contributed by atoms with Crippen LogP contribution in [0.25, 0.3) is 5.65 Å². The number of aryl methyl sites for hydroxylation is 1. The molecule has 0 radical (unpaired) electrons. The normalized spacial score (nSPS) is 11.6. The lowest BCUT2D eigenvalue weighted by molar-refractivity contribution is -0.146. The van der Waals surface area contributed by atoms with E-state index >= 15 is 0 Å². The third kappa shape index (κ3) is 3.55. The molecule has 0 atom stereocenters. The Kier molecular flexibility index (Phi) is 4.73. The standard InChI is InChI=1S/C17H15F3N4O3/c1-4-26-15(25)11-6-5-7-12(8-11)27-14-10(3)9(2)13-21-22-16(17(18,19)20)24(13)23-14/h5-8H,4H2,1-3H3. The van der Waals surface area contributed by atoms with Crippen molar-refractivity contribution >= 4 is 11.6 Å². The molecule has 1 aromatic carbocycles. The van der Waals surface area contributed by atoms with Crippen LogP contribution in [-0.4, -0.2) is 32.4 Å². The third-order valence-electron chi connectivity index (χ3n) is 3.86. The first kappa shape index (κ1) is 18.6. The van der Waals surface area contributed by atoms with Crippen molar-refractivity contribution in [1.29, 1.82) is 0 Å². The summed E-state index contributed by atoms with van der Waals surface area (Å²) in [5.74, 6) is -1.59. The Hall–Kier alpha value is -3.17. The van der Waals surface area contributed by atoms with Crippen LogP contribution in [-0.2, 0) is 10.9 Å². The van der Waals surface area contributed by atoms with E-state index in [1.165, 1.54) is 6.07 Å². The minimum Gasteiger partial charge on any atom is -0.462 e. The van der Waals surface area contributed by atoms with E-state index in [0.717, 1.165) is 0 Å². The molecule has 0 aliphatic carbocycles. The van der Waals surface area contributed by atoms with E-state index in [1.807, 2.05) is 0 Å².